The summed E-state index contributed by atoms with van der Waals surface area (Å²) in [5.74, 6) is -1.86. The number of hydrogen-bond acceptors (Lipinski definition) is 3. The fraction of sp³-hybridized carbons (Fsp3) is 0.154. The number of para-hydroxylation sites is 1. The molecule has 1 aromatic carbocycles. The van der Waals surface area contributed by atoms with Gasteiger partial charge in [-0.1, -0.05) is 18.2 Å². The fourth-order valence-electron chi connectivity index (χ4n) is 2.41. The molecule has 0 aliphatic carbocycles. The van der Waals surface area contributed by atoms with Crippen molar-refractivity contribution in [3.63, 3.8) is 0 Å². The first-order chi connectivity index (χ1) is 9.51. The maximum Gasteiger partial charge on any atom is 0.312 e. The number of benzene rings is 1. The van der Waals surface area contributed by atoms with Gasteiger partial charge in [-0.15, -0.1) is 0 Å². The number of fused-ring (bicyclic) bond motifs is 1. The normalized spacial score (nSPS) is 18.0. The second kappa shape index (κ2) is 4.38. The van der Waals surface area contributed by atoms with Gasteiger partial charge in [-0.2, -0.15) is 0 Å². The number of aromatic nitrogens is 1. The third kappa shape index (κ3) is 1.78. The van der Waals surface area contributed by atoms with Gasteiger partial charge in [0.1, 0.15) is 10.8 Å². The van der Waals surface area contributed by atoms with E-state index in [2.05, 4.69) is 4.98 Å². The Morgan fingerprint density at radius 2 is 2.05 bits per heavy atom. The molecule has 0 saturated carbocycles. The predicted octanol–water partition coefficient (Wildman–Crippen LogP) is 1.39. The first-order valence-corrected chi connectivity index (χ1v) is 7.43. The van der Waals surface area contributed by atoms with E-state index in [0.29, 0.717) is 11.3 Å². The Bertz CT molecular complexity index is 752. The van der Waals surface area contributed by atoms with Crippen molar-refractivity contribution in [2.24, 2.45) is 0 Å². The molecule has 1 aliphatic rings. The van der Waals surface area contributed by atoms with E-state index >= 15 is 0 Å². The molecule has 2 aromatic rings. The van der Waals surface area contributed by atoms with Gasteiger partial charge in [0.2, 0.25) is 0 Å². The van der Waals surface area contributed by atoms with Crippen LogP contribution in [0.5, 0.6) is 0 Å². The lowest BCUT2D eigenvalue weighted by Gasteiger charge is -2.18. The molecule has 0 bridgehead atoms. The van der Waals surface area contributed by atoms with Crippen molar-refractivity contribution in [1.29, 1.82) is 0 Å². The number of carboxylic acids is 1. The number of carbonyl (C=O) groups is 1. The maximum atomic E-state index is 12.5. The molecule has 3 rings (SSSR count). The summed E-state index contributed by atoms with van der Waals surface area (Å²) in [5.41, 5.74) is 0.959. The SMILES string of the molecule is O=C(O)C1CN(S(=O)(=O)c2cc[nH]c2)c2ccccc21. The fourth-order valence-corrected chi connectivity index (χ4v) is 3.89. The second-order valence-electron chi connectivity index (χ2n) is 4.53. The van der Waals surface area contributed by atoms with Crippen LogP contribution in [0.25, 0.3) is 0 Å². The molecule has 0 saturated heterocycles. The predicted molar refractivity (Wildman–Crippen MR) is 72.1 cm³/mol. The van der Waals surface area contributed by atoms with E-state index in [0.717, 1.165) is 4.31 Å². The summed E-state index contributed by atoms with van der Waals surface area (Å²) >= 11 is 0. The Hall–Kier alpha value is -2.28. The molecule has 2 heterocycles. The average molecular weight is 292 g/mol. The summed E-state index contributed by atoms with van der Waals surface area (Å²) in [6.07, 6.45) is 2.90. The summed E-state index contributed by atoms with van der Waals surface area (Å²) in [7, 11) is -3.74. The quantitative estimate of drug-likeness (QED) is 0.894. The number of carboxylic acid groups (broad SMARTS) is 1. The standard InChI is InChI=1S/C13H12N2O4S/c16-13(17)11-8-15(12-4-2-1-3-10(11)12)20(18,19)9-5-6-14-7-9/h1-7,11,14H,8H2,(H,16,17). The number of hydrogen-bond donors (Lipinski definition) is 2. The first kappa shape index (κ1) is 12.7. The minimum absolute atomic E-state index is 0.0812. The van der Waals surface area contributed by atoms with Gasteiger partial charge in [0, 0.05) is 12.4 Å². The van der Waals surface area contributed by atoms with Crippen LogP contribution in [-0.4, -0.2) is 31.0 Å². The van der Waals surface area contributed by atoms with Gasteiger partial charge in [0.05, 0.1) is 12.2 Å². The highest BCUT2D eigenvalue weighted by Gasteiger charge is 2.39. The van der Waals surface area contributed by atoms with E-state index in [-0.39, 0.29) is 11.4 Å². The molecular weight excluding hydrogens is 280 g/mol. The molecular formula is C13H12N2O4S. The third-order valence-corrected chi connectivity index (χ3v) is 5.16. The average Bonchev–Trinajstić information content (AvgIpc) is 3.07. The van der Waals surface area contributed by atoms with Gasteiger partial charge in [0.15, 0.2) is 0 Å². The highest BCUT2D eigenvalue weighted by molar-refractivity contribution is 7.92. The van der Waals surface area contributed by atoms with E-state index in [1.165, 1.54) is 18.5 Å². The molecule has 2 N–H and O–H groups in total. The summed E-state index contributed by atoms with van der Waals surface area (Å²) in [4.78, 5) is 14.1. The lowest BCUT2D eigenvalue weighted by molar-refractivity contribution is -0.138. The van der Waals surface area contributed by atoms with E-state index < -0.39 is 21.9 Å². The van der Waals surface area contributed by atoms with Gasteiger partial charge >= 0.3 is 5.97 Å². The van der Waals surface area contributed by atoms with E-state index in [9.17, 15) is 18.3 Å². The van der Waals surface area contributed by atoms with Crippen LogP contribution >= 0.6 is 0 Å². The number of nitrogens with zero attached hydrogens (tertiary/aromatic N) is 1. The Morgan fingerprint density at radius 3 is 2.70 bits per heavy atom. The van der Waals surface area contributed by atoms with Crippen molar-refractivity contribution in [3.8, 4) is 0 Å². The Balaban J connectivity index is 2.12. The molecule has 104 valence electrons. The van der Waals surface area contributed by atoms with Crippen molar-refractivity contribution in [3.05, 3.63) is 48.3 Å². The van der Waals surface area contributed by atoms with Crippen LogP contribution in [0.15, 0.2) is 47.6 Å². The molecule has 0 amide bonds. The number of anilines is 1. The zero-order valence-electron chi connectivity index (χ0n) is 10.4. The second-order valence-corrected chi connectivity index (χ2v) is 6.39. The summed E-state index contributed by atoms with van der Waals surface area (Å²) in [6.45, 7) is -0.0812. The zero-order valence-corrected chi connectivity index (χ0v) is 11.2. The van der Waals surface area contributed by atoms with Gasteiger partial charge in [0.25, 0.3) is 10.0 Å². The number of H-pyrrole nitrogens is 1. The largest absolute Gasteiger partial charge is 0.481 e. The van der Waals surface area contributed by atoms with Crippen molar-refractivity contribution in [1.82, 2.24) is 4.98 Å². The van der Waals surface area contributed by atoms with Crippen LogP contribution in [0.4, 0.5) is 5.69 Å². The molecule has 7 heteroatoms. The van der Waals surface area contributed by atoms with Crippen LogP contribution in [0.3, 0.4) is 0 Å². The van der Waals surface area contributed by atoms with E-state index in [4.69, 9.17) is 0 Å². The third-order valence-electron chi connectivity index (χ3n) is 3.38. The lowest BCUT2D eigenvalue weighted by atomic mass is 10.0. The molecule has 0 radical (unpaired) electrons. The molecule has 0 spiro atoms. The van der Waals surface area contributed by atoms with E-state index in [1.807, 2.05) is 0 Å². The monoisotopic (exact) mass is 292 g/mol. The smallest absolute Gasteiger partial charge is 0.312 e. The first-order valence-electron chi connectivity index (χ1n) is 5.99. The molecule has 20 heavy (non-hydrogen) atoms. The van der Waals surface area contributed by atoms with Crippen LogP contribution in [0.1, 0.15) is 11.5 Å². The number of aromatic amines is 1. The summed E-state index contributed by atoms with van der Waals surface area (Å²) in [5, 5.41) is 9.25. The Morgan fingerprint density at radius 1 is 1.30 bits per heavy atom. The van der Waals surface area contributed by atoms with Crippen molar-refractivity contribution < 1.29 is 18.3 Å². The van der Waals surface area contributed by atoms with Gasteiger partial charge in [-0.25, -0.2) is 8.42 Å². The molecule has 1 aliphatic heterocycles. The van der Waals surface area contributed by atoms with Crippen molar-refractivity contribution >= 4 is 21.7 Å². The molecule has 6 nitrogen and oxygen atoms in total. The molecule has 1 atom stereocenters. The highest BCUT2D eigenvalue weighted by atomic mass is 32.2. The minimum Gasteiger partial charge on any atom is -0.481 e. The Labute approximate surface area is 115 Å². The van der Waals surface area contributed by atoms with Crippen molar-refractivity contribution in [2.45, 2.75) is 10.8 Å². The molecule has 1 aromatic heterocycles. The lowest BCUT2D eigenvalue weighted by Crippen LogP contribution is -2.31. The van der Waals surface area contributed by atoms with E-state index in [1.54, 1.807) is 24.3 Å². The van der Waals surface area contributed by atoms with Crippen LogP contribution in [0, 0.1) is 0 Å². The van der Waals surface area contributed by atoms with Gasteiger partial charge in [-0.05, 0) is 17.7 Å². The van der Waals surface area contributed by atoms with Crippen molar-refractivity contribution in [2.75, 3.05) is 10.8 Å². The summed E-state index contributed by atoms with van der Waals surface area (Å²) in [6, 6.07) is 8.14. The maximum absolute atomic E-state index is 12.5. The topological polar surface area (TPSA) is 90.5 Å². The highest BCUT2D eigenvalue weighted by Crippen LogP contribution is 2.39. The van der Waals surface area contributed by atoms with Gasteiger partial charge < -0.3 is 10.1 Å². The zero-order chi connectivity index (χ0) is 14.3. The number of sulfonamides is 1. The minimum atomic E-state index is -3.74. The number of nitrogens with one attached hydrogen (secondary N) is 1. The van der Waals surface area contributed by atoms with Gasteiger partial charge in [-0.3, -0.25) is 9.10 Å². The number of aliphatic carboxylic acids is 1. The summed E-state index contributed by atoms with van der Waals surface area (Å²) < 4.78 is 26.2. The Kier molecular flexibility index (Phi) is 2.79. The molecule has 1 unspecified atom stereocenters. The van der Waals surface area contributed by atoms with Crippen LogP contribution in [0.2, 0.25) is 0 Å². The number of rotatable bonds is 3. The van der Waals surface area contributed by atoms with Crippen LogP contribution in [-0.2, 0) is 14.8 Å². The van der Waals surface area contributed by atoms with Crippen LogP contribution < -0.4 is 4.31 Å². The molecule has 0 fully saturated rings.